The molecule has 0 aromatic heterocycles. The van der Waals surface area contributed by atoms with Gasteiger partial charge in [-0.15, -0.1) is 0 Å². The number of nitrogens with zero attached hydrogens (tertiary/aromatic N) is 1. The number of hydrazine groups is 1. The number of benzene rings is 2. The van der Waals surface area contributed by atoms with E-state index in [1.54, 1.807) is 43.5 Å². The van der Waals surface area contributed by atoms with Crippen LogP contribution in [-0.2, 0) is 9.59 Å². The molecule has 3 rings (SSSR count). The predicted octanol–water partition coefficient (Wildman–Crippen LogP) is 3.25. The van der Waals surface area contributed by atoms with Crippen LogP contribution >= 0.6 is 0 Å². The summed E-state index contributed by atoms with van der Waals surface area (Å²) in [6.45, 7) is 5.81. The molecule has 6 nitrogen and oxygen atoms in total. The van der Waals surface area contributed by atoms with Crippen molar-refractivity contribution in [2.24, 2.45) is 0 Å². The molecule has 0 saturated carbocycles. The van der Waals surface area contributed by atoms with Crippen molar-refractivity contribution < 1.29 is 19.1 Å². The van der Waals surface area contributed by atoms with Gasteiger partial charge in [-0.1, -0.05) is 23.8 Å². The maximum absolute atomic E-state index is 12.7. The molecule has 0 radical (unpaired) electrons. The third-order valence-electron chi connectivity index (χ3n) is 4.04. The zero-order valence-electron chi connectivity index (χ0n) is 15.8. The minimum Gasteiger partial charge on any atom is -0.493 e. The van der Waals surface area contributed by atoms with Crippen molar-refractivity contribution in [3.63, 3.8) is 0 Å². The maximum atomic E-state index is 12.7. The van der Waals surface area contributed by atoms with E-state index in [1.165, 1.54) is 5.01 Å². The number of methoxy groups -OCH3 is 1. The highest BCUT2D eigenvalue weighted by atomic mass is 16.5. The van der Waals surface area contributed by atoms with Gasteiger partial charge in [-0.05, 0) is 56.7 Å². The number of carbonyl (C=O) groups is 2. The molecular formula is C21H22N2O4. The minimum atomic E-state index is -0.443. The Balaban J connectivity index is 1.89. The summed E-state index contributed by atoms with van der Waals surface area (Å²) < 4.78 is 11.0. The van der Waals surface area contributed by atoms with Crippen LogP contribution in [0.1, 0.15) is 25.0 Å². The molecular weight excluding hydrogens is 344 g/mol. The lowest BCUT2D eigenvalue weighted by Crippen LogP contribution is -2.35. The number of aryl methyl sites for hydroxylation is 1. The Morgan fingerprint density at radius 2 is 1.74 bits per heavy atom. The molecule has 2 amide bonds. The Kier molecular flexibility index (Phi) is 5.16. The van der Waals surface area contributed by atoms with E-state index in [0.717, 1.165) is 5.56 Å². The van der Waals surface area contributed by atoms with Gasteiger partial charge in [0.2, 0.25) is 0 Å². The summed E-state index contributed by atoms with van der Waals surface area (Å²) in [6, 6.07) is 12.6. The summed E-state index contributed by atoms with van der Waals surface area (Å²) in [5.41, 5.74) is 5.02. The molecule has 0 spiro atoms. The second-order valence-electron chi connectivity index (χ2n) is 6.55. The molecule has 0 aliphatic carbocycles. The molecule has 0 bridgehead atoms. The van der Waals surface area contributed by atoms with Crippen LogP contribution in [-0.4, -0.2) is 25.0 Å². The highest BCUT2D eigenvalue weighted by Crippen LogP contribution is 2.30. The van der Waals surface area contributed by atoms with Gasteiger partial charge in [-0.3, -0.25) is 15.0 Å². The van der Waals surface area contributed by atoms with Gasteiger partial charge in [0.15, 0.2) is 11.5 Å². The maximum Gasteiger partial charge on any atom is 0.282 e. The van der Waals surface area contributed by atoms with E-state index in [0.29, 0.717) is 22.7 Å². The highest BCUT2D eigenvalue weighted by molar-refractivity contribution is 6.31. The Bertz CT molecular complexity index is 901. The number of anilines is 1. The fraction of sp³-hybridized carbons (Fsp3) is 0.238. The van der Waals surface area contributed by atoms with Crippen molar-refractivity contribution in [2.75, 3.05) is 12.1 Å². The molecule has 27 heavy (non-hydrogen) atoms. The van der Waals surface area contributed by atoms with Crippen LogP contribution in [0.5, 0.6) is 11.5 Å². The topological polar surface area (TPSA) is 67.9 Å². The summed E-state index contributed by atoms with van der Waals surface area (Å²) in [5.74, 6) is 0.310. The molecule has 1 saturated heterocycles. The average Bonchev–Trinajstić information content (AvgIpc) is 2.91. The third-order valence-corrected chi connectivity index (χ3v) is 4.04. The third kappa shape index (κ3) is 3.95. The van der Waals surface area contributed by atoms with Crippen molar-refractivity contribution in [1.29, 1.82) is 0 Å². The molecule has 1 fully saturated rings. The lowest BCUT2D eigenvalue weighted by Gasteiger charge is -2.14. The summed E-state index contributed by atoms with van der Waals surface area (Å²) in [7, 11) is 1.55. The molecule has 1 aliphatic heterocycles. The Labute approximate surface area is 158 Å². The standard InChI is InChI=1S/C21H22N2O4/c1-13(2)27-18-10-7-15(12-19(18)26-4)11-17-20(24)22-23(21(17)25)16-8-5-14(3)6-9-16/h5-13H,1-4H3,(H,22,24)/b17-11+. The Morgan fingerprint density at radius 3 is 2.37 bits per heavy atom. The monoisotopic (exact) mass is 366 g/mol. The van der Waals surface area contributed by atoms with Crippen molar-refractivity contribution in [1.82, 2.24) is 5.43 Å². The van der Waals surface area contributed by atoms with Gasteiger partial charge < -0.3 is 9.47 Å². The second-order valence-corrected chi connectivity index (χ2v) is 6.55. The van der Waals surface area contributed by atoms with E-state index >= 15 is 0 Å². The first-order chi connectivity index (χ1) is 12.9. The lowest BCUT2D eigenvalue weighted by atomic mass is 10.1. The first-order valence-corrected chi connectivity index (χ1v) is 8.67. The Morgan fingerprint density at radius 1 is 1.04 bits per heavy atom. The summed E-state index contributed by atoms with van der Waals surface area (Å²) in [5, 5.41) is 1.25. The molecule has 1 aliphatic rings. The number of carbonyl (C=O) groups excluding carboxylic acids is 2. The molecule has 1 N–H and O–H groups in total. The molecule has 0 unspecified atom stereocenters. The SMILES string of the molecule is COc1cc(/C=C2\C(=O)NN(c3ccc(C)cc3)C2=O)ccc1OC(C)C. The van der Waals surface area contributed by atoms with E-state index in [2.05, 4.69) is 5.43 Å². The van der Waals surface area contributed by atoms with E-state index in [9.17, 15) is 9.59 Å². The minimum absolute atomic E-state index is 0.00774. The lowest BCUT2D eigenvalue weighted by molar-refractivity contribution is -0.117. The van der Waals surface area contributed by atoms with Crippen LogP contribution in [0.15, 0.2) is 48.0 Å². The predicted molar refractivity (Wildman–Crippen MR) is 104 cm³/mol. The van der Waals surface area contributed by atoms with Crippen LogP contribution in [0.2, 0.25) is 0 Å². The highest BCUT2D eigenvalue weighted by Gasteiger charge is 2.34. The zero-order valence-corrected chi connectivity index (χ0v) is 15.8. The number of hydrogen-bond acceptors (Lipinski definition) is 4. The summed E-state index contributed by atoms with van der Waals surface area (Å²) in [4.78, 5) is 25.0. The van der Waals surface area contributed by atoms with Gasteiger partial charge in [0.25, 0.3) is 11.8 Å². The Hall–Kier alpha value is -3.28. The number of nitrogens with one attached hydrogen (secondary N) is 1. The number of rotatable bonds is 5. The summed E-state index contributed by atoms with van der Waals surface area (Å²) >= 11 is 0. The first kappa shape index (κ1) is 18.5. The van der Waals surface area contributed by atoms with E-state index in [1.807, 2.05) is 32.9 Å². The number of hydrogen-bond donors (Lipinski definition) is 1. The van der Waals surface area contributed by atoms with Crippen LogP contribution in [0, 0.1) is 6.92 Å². The van der Waals surface area contributed by atoms with Gasteiger partial charge in [-0.2, -0.15) is 0 Å². The van der Waals surface area contributed by atoms with Crippen molar-refractivity contribution in [3.05, 3.63) is 59.2 Å². The van der Waals surface area contributed by atoms with Crippen molar-refractivity contribution in [2.45, 2.75) is 26.9 Å². The fourth-order valence-electron chi connectivity index (χ4n) is 2.72. The van der Waals surface area contributed by atoms with E-state index in [4.69, 9.17) is 9.47 Å². The van der Waals surface area contributed by atoms with Gasteiger partial charge >= 0.3 is 0 Å². The normalized spacial score (nSPS) is 15.4. The largest absolute Gasteiger partial charge is 0.493 e. The molecule has 140 valence electrons. The van der Waals surface area contributed by atoms with Crippen LogP contribution < -0.4 is 19.9 Å². The van der Waals surface area contributed by atoms with Gasteiger partial charge in [0.05, 0.1) is 18.9 Å². The van der Waals surface area contributed by atoms with Gasteiger partial charge in [0, 0.05) is 0 Å². The van der Waals surface area contributed by atoms with Gasteiger partial charge in [-0.25, -0.2) is 5.01 Å². The van der Waals surface area contributed by atoms with Gasteiger partial charge in [0.1, 0.15) is 5.57 Å². The van der Waals surface area contributed by atoms with Crippen molar-refractivity contribution in [3.8, 4) is 11.5 Å². The smallest absolute Gasteiger partial charge is 0.282 e. The van der Waals surface area contributed by atoms with E-state index in [-0.39, 0.29) is 11.7 Å². The molecule has 6 heteroatoms. The molecule has 2 aromatic carbocycles. The summed E-state index contributed by atoms with van der Waals surface area (Å²) in [6.07, 6.45) is 1.56. The fourth-order valence-corrected chi connectivity index (χ4v) is 2.72. The average molecular weight is 366 g/mol. The van der Waals surface area contributed by atoms with Crippen LogP contribution in [0.4, 0.5) is 5.69 Å². The number of ether oxygens (including phenoxy) is 2. The zero-order chi connectivity index (χ0) is 19.6. The second kappa shape index (κ2) is 7.53. The van der Waals surface area contributed by atoms with Crippen LogP contribution in [0.25, 0.3) is 6.08 Å². The van der Waals surface area contributed by atoms with Crippen molar-refractivity contribution >= 4 is 23.6 Å². The molecule has 0 atom stereocenters. The number of amides is 2. The molecule has 2 aromatic rings. The van der Waals surface area contributed by atoms with E-state index < -0.39 is 11.8 Å². The first-order valence-electron chi connectivity index (χ1n) is 8.67. The molecule has 1 heterocycles. The van der Waals surface area contributed by atoms with Crippen LogP contribution in [0.3, 0.4) is 0 Å². The quantitative estimate of drug-likeness (QED) is 0.652.